The van der Waals surface area contributed by atoms with Crippen LogP contribution in [0.25, 0.3) is 0 Å². The Bertz CT molecular complexity index is 396. The van der Waals surface area contributed by atoms with Crippen LogP contribution in [0.5, 0.6) is 5.75 Å². The summed E-state index contributed by atoms with van der Waals surface area (Å²) in [5.74, 6) is 0.818. The standard InChI is InChI=1S/C14H19NO3/c1-14(11-15,18-10-9-16)8-7-12-3-5-13(17-2)6-4-12/h3-6,16H,7-10H2,1-2H3. The zero-order chi connectivity index (χ0) is 13.4. The summed E-state index contributed by atoms with van der Waals surface area (Å²) in [5, 5.41) is 17.8. The number of hydrogen-bond donors (Lipinski definition) is 1. The highest BCUT2D eigenvalue weighted by Crippen LogP contribution is 2.19. The minimum absolute atomic E-state index is 0.0696. The second-order valence-electron chi connectivity index (χ2n) is 4.26. The number of nitriles is 1. The molecule has 4 nitrogen and oxygen atoms in total. The van der Waals surface area contributed by atoms with E-state index in [-0.39, 0.29) is 13.2 Å². The van der Waals surface area contributed by atoms with Crippen LogP contribution in [-0.2, 0) is 11.2 Å². The Morgan fingerprint density at radius 3 is 2.50 bits per heavy atom. The molecule has 0 amide bonds. The number of aliphatic hydroxyl groups excluding tert-OH is 1. The van der Waals surface area contributed by atoms with Gasteiger partial charge in [0.1, 0.15) is 5.75 Å². The number of rotatable bonds is 7. The van der Waals surface area contributed by atoms with E-state index in [1.807, 2.05) is 24.3 Å². The van der Waals surface area contributed by atoms with Crippen LogP contribution in [0.3, 0.4) is 0 Å². The van der Waals surface area contributed by atoms with Crippen LogP contribution in [0.15, 0.2) is 24.3 Å². The van der Waals surface area contributed by atoms with Gasteiger partial charge in [-0.25, -0.2) is 0 Å². The first-order valence-electron chi connectivity index (χ1n) is 5.92. The quantitative estimate of drug-likeness (QED) is 0.802. The largest absolute Gasteiger partial charge is 0.497 e. The van der Waals surface area contributed by atoms with Crippen molar-refractivity contribution in [1.29, 1.82) is 5.26 Å². The van der Waals surface area contributed by atoms with Crippen molar-refractivity contribution in [2.45, 2.75) is 25.4 Å². The van der Waals surface area contributed by atoms with E-state index in [1.54, 1.807) is 14.0 Å². The van der Waals surface area contributed by atoms with Crippen LogP contribution in [0.1, 0.15) is 18.9 Å². The van der Waals surface area contributed by atoms with Crippen LogP contribution in [0.2, 0.25) is 0 Å². The first-order chi connectivity index (χ1) is 8.63. The lowest BCUT2D eigenvalue weighted by Crippen LogP contribution is -2.28. The van der Waals surface area contributed by atoms with Gasteiger partial charge >= 0.3 is 0 Å². The van der Waals surface area contributed by atoms with E-state index in [1.165, 1.54) is 0 Å². The van der Waals surface area contributed by atoms with Crippen molar-refractivity contribution in [1.82, 2.24) is 0 Å². The first kappa shape index (κ1) is 14.5. The van der Waals surface area contributed by atoms with Gasteiger partial charge in [-0.05, 0) is 37.5 Å². The predicted molar refractivity (Wildman–Crippen MR) is 68.4 cm³/mol. The predicted octanol–water partition coefficient (Wildman–Crippen LogP) is 1.92. The minimum Gasteiger partial charge on any atom is -0.497 e. The Hall–Kier alpha value is -1.57. The molecule has 0 aliphatic heterocycles. The molecule has 1 aromatic rings. The molecule has 0 saturated heterocycles. The normalized spacial score (nSPS) is 13.7. The van der Waals surface area contributed by atoms with Gasteiger partial charge in [0.05, 0.1) is 26.4 Å². The van der Waals surface area contributed by atoms with E-state index in [0.29, 0.717) is 6.42 Å². The highest BCUT2D eigenvalue weighted by Gasteiger charge is 2.23. The average Bonchev–Trinajstić information content (AvgIpc) is 2.43. The Labute approximate surface area is 108 Å². The number of aliphatic hydroxyl groups is 1. The number of aryl methyl sites for hydroxylation is 1. The molecule has 1 N–H and O–H groups in total. The van der Waals surface area contributed by atoms with E-state index in [0.717, 1.165) is 17.7 Å². The van der Waals surface area contributed by atoms with Gasteiger partial charge in [-0.15, -0.1) is 0 Å². The van der Waals surface area contributed by atoms with Gasteiger partial charge in [0.15, 0.2) is 5.60 Å². The molecule has 18 heavy (non-hydrogen) atoms. The third kappa shape index (κ3) is 4.36. The fourth-order valence-corrected chi connectivity index (χ4v) is 1.61. The summed E-state index contributed by atoms with van der Waals surface area (Å²) < 4.78 is 10.4. The number of ether oxygens (including phenoxy) is 2. The smallest absolute Gasteiger partial charge is 0.151 e. The molecule has 0 aromatic heterocycles. The summed E-state index contributed by atoms with van der Waals surface area (Å²) in [7, 11) is 1.63. The van der Waals surface area contributed by atoms with Crippen LogP contribution < -0.4 is 4.74 Å². The lowest BCUT2D eigenvalue weighted by molar-refractivity contribution is -0.0122. The molecule has 1 atom stereocenters. The molecule has 98 valence electrons. The van der Waals surface area contributed by atoms with Crippen molar-refractivity contribution in [3.05, 3.63) is 29.8 Å². The topological polar surface area (TPSA) is 62.5 Å². The Morgan fingerprint density at radius 2 is 2.00 bits per heavy atom. The fraction of sp³-hybridized carbons (Fsp3) is 0.500. The second kappa shape index (κ2) is 7.00. The van der Waals surface area contributed by atoms with E-state index in [2.05, 4.69) is 6.07 Å². The number of methoxy groups -OCH3 is 1. The summed E-state index contributed by atoms with van der Waals surface area (Å²) in [4.78, 5) is 0. The third-order valence-electron chi connectivity index (χ3n) is 2.80. The van der Waals surface area contributed by atoms with Crippen molar-refractivity contribution in [2.24, 2.45) is 0 Å². The van der Waals surface area contributed by atoms with Gasteiger partial charge in [-0.2, -0.15) is 5.26 Å². The van der Waals surface area contributed by atoms with Crippen molar-refractivity contribution in [3.8, 4) is 11.8 Å². The van der Waals surface area contributed by atoms with Gasteiger partial charge in [0.25, 0.3) is 0 Å². The van der Waals surface area contributed by atoms with Crippen LogP contribution in [0, 0.1) is 11.3 Å². The third-order valence-corrected chi connectivity index (χ3v) is 2.80. The zero-order valence-electron chi connectivity index (χ0n) is 10.8. The van der Waals surface area contributed by atoms with Gasteiger partial charge < -0.3 is 14.6 Å². The van der Waals surface area contributed by atoms with E-state index < -0.39 is 5.60 Å². The summed E-state index contributed by atoms with van der Waals surface area (Å²) in [6, 6.07) is 9.89. The van der Waals surface area contributed by atoms with Gasteiger partial charge in [-0.1, -0.05) is 12.1 Å². The molecule has 0 aliphatic rings. The van der Waals surface area contributed by atoms with E-state index >= 15 is 0 Å². The molecule has 0 spiro atoms. The van der Waals surface area contributed by atoms with Crippen molar-refractivity contribution in [2.75, 3.05) is 20.3 Å². The molecule has 0 heterocycles. The first-order valence-corrected chi connectivity index (χ1v) is 5.92. The van der Waals surface area contributed by atoms with Gasteiger partial charge in [0.2, 0.25) is 0 Å². The maximum absolute atomic E-state index is 9.10. The molecule has 0 bridgehead atoms. The van der Waals surface area contributed by atoms with Crippen LogP contribution in [0.4, 0.5) is 0 Å². The van der Waals surface area contributed by atoms with Crippen LogP contribution >= 0.6 is 0 Å². The summed E-state index contributed by atoms with van der Waals surface area (Å²) in [5.41, 5.74) is 0.285. The van der Waals surface area contributed by atoms with Gasteiger partial charge in [-0.3, -0.25) is 0 Å². The van der Waals surface area contributed by atoms with Crippen molar-refractivity contribution in [3.63, 3.8) is 0 Å². The highest BCUT2D eigenvalue weighted by molar-refractivity contribution is 5.27. The maximum Gasteiger partial charge on any atom is 0.151 e. The minimum atomic E-state index is -0.845. The molecule has 4 heteroatoms. The molecular weight excluding hydrogens is 230 g/mol. The summed E-state index contributed by atoms with van der Waals surface area (Å²) >= 11 is 0. The second-order valence-corrected chi connectivity index (χ2v) is 4.26. The number of nitrogens with zero attached hydrogens (tertiary/aromatic N) is 1. The Morgan fingerprint density at radius 1 is 1.33 bits per heavy atom. The molecular formula is C14H19NO3. The molecule has 0 radical (unpaired) electrons. The molecule has 1 rings (SSSR count). The molecule has 0 fully saturated rings. The SMILES string of the molecule is COc1ccc(CCC(C)(C#N)OCCO)cc1. The summed E-state index contributed by atoms with van der Waals surface area (Å²) in [6.45, 7) is 1.86. The van der Waals surface area contributed by atoms with E-state index in [9.17, 15) is 0 Å². The van der Waals surface area contributed by atoms with Crippen LogP contribution in [-0.4, -0.2) is 31.0 Å². The Balaban J connectivity index is 2.54. The lowest BCUT2D eigenvalue weighted by Gasteiger charge is -2.21. The summed E-state index contributed by atoms with van der Waals surface area (Å²) in [6.07, 6.45) is 1.34. The maximum atomic E-state index is 9.10. The lowest BCUT2D eigenvalue weighted by atomic mass is 9.98. The van der Waals surface area contributed by atoms with Gasteiger partial charge in [0, 0.05) is 0 Å². The monoisotopic (exact) mass is 249 g/mol. The average molecular weight is 249 g/mol. The molecule has 1 unspecified atom stereocenters. The fourth-order valence-electron chi connectivity index (χ4n) is 1.61. The highest BCUT2D eigenvalue weighted by atomic mass is 16.5. The molecule has 0 saturated carbocycles. The molecule has 0 aliphatic carbocycles. The van der Waals surface area contributed by atoms with Crippen molar-refractivity contribution < 1.29 is 14.6 Å². The molecule has 1 aromatic carbocycles. The number of hydrogen-bond acceptors (Lipinski definition) is 4. The Kier molecular flexibility index (Phi) is 5.63. The zero-order valence-corrected chi connectivity index (χ0v) is 10.8. The van der Waals surface area contributed by atoms with E-state index in [4.69, 9.17) is 19.8 Å². The number of benzene rings is 1. The van der Waals surface area contributed by atoms with Crippen molar-refractivity contribution >= 4 is 0 Å².